The van der Waals surface area contributed by atoms with E-state index in [0.29, 0.717) is 23.9 Å². The van der Waals surface area contributed by atoms with E-state index < -0.39 is 10.0 Å². The molecule has 0 radical (unpaired) electrons. The van der Waals surface area contributed by atoms with Crippen LogP contribution in [0.5, 0.6) is 5.75 Å². The monoisotopic (exact) mass is 299 g/mol. The van der Waals surface area contributed by atoms with Gasteiger partial charge in [-0.15, -0.1) is 0 Å². The Hall–Kier alpha value is -1.31. The van der Waals surface area contributed by atoms with Crippen molar-refractivity contribution in [3.8, 4) is 5.75 Å². The fourth-order valence-electron chi connectivity index (χ4n) is 2.52. The Labute approximate surface area is 119 Å². The topological polar surface area (TPSA) is 98.6 Å². The molecule has 1 aromatic carbocycles. The predicted octanol–water partition coefficient (Wildman–Crippen LogP) is 0.518. The fraction of sp³-hybridized carbons (Fsp3) is 0.538. The number of methoxy groups -OCH3 is 1. The van der Waals surface area contributed by atoms with Crippen LogP contribution in [0.2, 0.25) is 0 Å². The molecule has 0 aliphatic carbocycles. The quantitative estimate of drug-likeness (QED) is 0.844. The van der Waals surface area contributed by atoms with E-state index in [2.05, 4.69) is 0 Å². The van der Waals surface area contributed by atoms with E-state index in [-0.39, 0.29) is 4.90 Å². The first-order valence-electron chi connectivity index (χ1n) is 6.61. The number of anilines is 1. The Morgan fingerprint density at radius 1 is 1.35 bits per heavy atom. The molecule has 4 N–H and O–H groups in total. The van der Waals surface area contributed by atoms with Gasteiger partial charge in [-0.2, -0.15) is 0 Å². The van der Waals surface area contributed by atoms with Crippen molar-refractivity contribution in [2.45, 2.75) is 17.7 Å². The number of hydrogen-bond donors (Lipinski definition) is 2. The van der Waals surface area contributed by atoms with Crippen LogP contribution in [0.1, 0.15) is 12.8 Å². The molecule has 1 fully saturated rings. The Bertz CT molecular complexity index is 566. The number of rotatable bonds is 4. The fourth-order valence-corrected chi connectivity index (χ4v) is 3.26. The molecule has 0 saturated carbocycles. The highest BCUT2D eigenvalue weighted by molar-refractivity contribution is 7.89. The van der Waals surface area contributed by atoms with E-state index in [1.54, 1.807) is 19.2 Å². The summed E-state index contributed by atoms with van der Waals surface area (Å²) in [4.78, 5) is 2.18. The van der Waals surface area contributed by atoms with E-state index in [4.69, 9.17) is 15.6 Å². The molecule has 0 aromatic heterocycles. The summed E-state index contributed by atoms with van der Waals surface area (Å²) < 4.78 is 28.6. The molecule has 112 valence electrons. The Balaban J connectivity index is 2.34. The molecule has 1 aliphatic heterocycles. The van der Waals surface area contributed by atoms with Crippen LogP contribution in [-0.4, -0.2) is 35.2 Å². The highest BCUT2D eigenvalue weighted by Crippen LogP contribution is 2.31. The second-order valence-corrected chi connectivity index (χ2v) is 6.57. The number of nitrogens with zero attached hydrogens (tertiary/aromatic N) is 1. The molecule has 0 bridgehead atoms. The van der Waals surface area contributed by atoms with E-state index in [1.807, 2.05) is 4.90 Å². The van der Waals surface area contributed by atoms with Gasteiger partial charge in [-0.25, -0.2) is 13.6 Å². The minimum Gasteiger partial charge on any atom is -0.497 e. The summed E-state index contributed by atoms with van der Waals surface area (Å²) in [5.74, 6) is 1.13. The number of nitrogens with two attached hydrogens (primary N) is 2. The summed E-state index contributed by atoms with van der Waals surface area (Å²) in [6.07, 6.45) is 1.91. The van der Waals surface area contributed by atoms with E-state index in [1.165, 1.54) is 6.07 Å². The first kappa shape index (κ1) is 15.1. The lowest BCUT2D eigenvalue weighted by Gasteiger charge is -2.34. The van der Waals surface area contributed by atoms with Crippen LogP contribution in [0.3, 0.4) is 0 Å². The summed E-state index contributed by atoms with van der Waals surface area (Å²) in [6.45, 7) is 2.23. The van der Waals surface area contributed by atoms with Gasteiger partial charge in [-0.1, -0.05) is 0 Å². The molecule has 0 spiro atoms. The van der Waals surface area contributed by atoms with Gasteiger partial charge in [0, 0.05) is 19.2 Å². The van der Waals surface area contributed by atoms with Crippen LogP contribution < -0.4 is 20.5 Å². The highest BCUT2D eigenvalue weighted by atomic mass is 32.2. The van der Waals surface area contributed by atoms with Gasteiger partial charge in [0.15, 0.2) is 0 Å². The Kier molecular flexibility index (Phi) is 4.52. The number of primary sulfonamides is 1. The van der Waals surface area contributed by atoms with Crippen molar-refractivity contribution < 1.29 is 13.2 Å². The Morgan fingerprint density at radius 3 is 2.50 bits per heavy atom. The summed E-state index contributed by atoms with van der Waals surface area (Å²) in [5, 5.41) is 5.29. The molecule has 1 aliphatic rings. The average molecular weight is 299 g/mol. The zero-order valence-corrected chi connectivity index (χ0v) is 12.4. The molecule has 7 heteroatoms. The van der Waals surface area contributed by atoms with Crippen molar-refractivity contribution in [1.82, 2.24) is 0 Å². The van der Waals surface area contributed by atoms with Gasteiger partial charge in [-0.05, 0) is 37.4 Å². The van der Waals surface area contributed by atoms with Crippen LogP contribution in [0, 0.1) is 5.92 Å². The average Bonchev–Trinajstić information content (AvgIpc) is 2.45. The third-order valence-corrected chi connectivity index (χ3v) is 4.72. The molecule has 0 amide bonds. The van der Waals surface area contributed by atoms with Gasteiger partial charge in [0.25, 0.3) is 0 Å². The van der Waals surface area contributed by atoms with Crippen molar-refractivity contribution in [3.05, 3.63) is 18.2 Å². The van der Waals surface area contributed by atoms with Gasteiger partial charge >= 0.3 is 0 Å². The largest absolute Gasteiger partial charge is 0.497 e. The molecular weight excluding hydrogens is 278 g/mol. The maximum atomic E-state index is 11.7. The Morgan fingerprint density at radius 2 is 2.00 bits per heavy atom. The zero-order valence-electron chi connectivity index (χ0n) is 11.6. The van der Waals surface area contributed by atoms with Crippen LogP contribution in [0.15, 0.2) is 23.1 Å². The van der Waals surface area contributed by atoms with Crippen LogP contribution >= 0.6 is 0 Å². The van der Waals surface area contributed by atoms with Gasteiger partial charge in [0.1, 0.15) is 10.6 Å². The van der Waals surface area contributed by atoms with Gasteiger partial charge < -0.3 is 15.4 Å². The first-order valence-corrected chi connectivity index (χ1v) is 8.16. The third kappa shape index (κ3) is 3.23. The van der Waals surface area contributed by atoms with Gasteiger partial charge in [-0.3, -0.25) is 0 Å². The van der Waals surface area contributed by atoms with Gasteiger partial charge in [0.2, 0.25) is 10.0 Å². The molecule has 0 unspecified atom stereocenters. The maximum Gasteiger partial charge on any atom is 0.240 e. The molecule has 2 rings (SSSR count). The second kappa shape index (κ2) is 5.99. The molecule has 0 atom stereocenters. The predicted molar refractivity (Wildman–Crippen MR) is 78.4 cm³/mol. The smallest absolute Gasteiger partial charge is 0.240 e. The lowest BCUT2D eigenvalue weighted by molar-refractivity contribution is 0.407. The lowest BCUT2D eigenvalue weighted by Crippen LogP contribution is -2.37. The van der Waals surface area contributed by atoms with E-state index in [0.717, 1.165) is 25.9 Å². The molecule has 1 aromatic rings. The maximum absolute atomic E-state index is 11.7. The molecule has 6 nitrogen and oxygen atoms in total. The third-order valence-electron chi connectivity index (χ3n) is 3.76. The molecular formula is C13H21N3O3S. The van der Waals surface area contributed by atoms with Crippen molar-refractivity contribution >= 4 is 15.7 Å². The zero-order chi connectivity index (χ0) is 14.8. The van der Waals surface area contributed by atoms with Crippen LogP contribution in [0.4, 0.5) is 5.69 Å². The van der Waals surface area contributed by atoms with Crippen molar-refractivity contribution in [2.24, 2.45) is 16.8 Å². The second-order valence-electron chi connectivity index (χ2n) is 5.04. The summed E-state index contributed by atoms with van der Waals surface area (Å²) >= 11 is 0. The lowest BCUT2D eigenvalue weighted by atomic mass is 9.97. The summed E-state index contributed by atoms with van der Waals surface area (Å²) in [7, 11) is -2.20. The number of benzene rings is 1. The summed E-state index contributed by atoms with van der Waals surface area (Å²) in [5.41, 5.74) is 6.29. The SMILES string of the molecule is COc1ccc(S(N)(=O)=O)c(N2CCC(CN)CC2)c1. The number of piperidine rings is 1. The molecule has 1 heterocycles. The van der Waals surface area contributed by atoms with Crippen molar-refractivity contribution in [2.75, 3.05) is 31.6 Å². The minimum atomic E-state index is -3.75. The number of ether oxygens (including phenoxy) is 1. The summed E-state index contributed by atoms with van der Waals surface area (Å²) in [6, 6.07) is 4.83. The molecule has 1 saturated heterocycles. The van der Waals surface area contributed by atoms with E-state index in [9.17, 15) is 8.42 Å². The van der Waals surface area contributed by atoms with Crippen LogP contribution in [0.25, 0.3) is 0 Å². The minimum absolute atomic E-state index is 0.143. The standard InChI is InChI=1S/C13H21N3O3S/c1-19-11-2-3-13(20(15,17)18)12(8-11)16-6-4-10(9-14)5-7-16/h2-3,8,10H,4-7,9,14H2,1H3,(H2,15,17,18). The number of sulfonamides is 1. The highest BCUT2D eigenvalue weighted by Gasteiger charge is 2.24. The van der Waals surface area contributed by atoms with Crippen molar-refractivity contribution in [1.29, 1.82) is 0 Å². The first-order chi connectivity index (χ1) is 9.45. The molecule has 20 heavy (non-hydrogen) atoms. The van der Waals surface area contributed by atoms with Gasteiger partial charge in [0.05, 0.1) is 12.8 Å². The van der Waals surface area contributed by atoms with Crippen LogP contribution in [-0.2, 0) is 10.0 Å². The van der Waals surface area contributed by atoms with Crippen molar-refractivity contribution in [3.63, 3.8) is 0 Å². The van der Waals surface area contributed by atoms with E-state index >= 15 is 0 Å². The number of hydrogen-bond acceptors (Lipinski definition) is 5. The normalized spacial score (nSPS) is 17.2.